The second kappa shape index (κ2) is 15.7. The van der Waals surface area contributed by atoms with Crippen LogP contribution in [0.5, 0.6) is 0 Å². The van der Waals surface area contributed by atoms with Gasteiger partial charge in [-0.2, -0.15) is 0 Å². The fourth-order valence-corrected chi connectivity index (χ4v) is 6.23. The van der Waals surface area contributed by atoms with Gasteiger partial charge in [-0.3, -0.25) is 0 Å². The molecular weight excluding hydrogens is 556 g/mol. The Morgan fingerprint density at radius 1 is 0.881 bits per heavy atom. The van der Waals surface area contributed by atoms with Gasteiger partial charge in [0, 0.05) is 40.5 Å². The van der Waals surface area contributed by atoms with Crippen LogP contribution < -0.4 is 0 Å². The van der Waals surface area contributed by atoms with Crippen LogP contribution in [0.15, 0.2) is 42.2 Å². The molecule has 0 amide bonds. The minimum absolute atomic E-state index is 0.318. The van der Waals surface area contributed by atoms with E-state index in [0.717, 1.165) is 62.5 Å². The Bertz CT molecular complexity index is 1320. The van der Waals surface area contributed by atoms with Crippen LogP contribution in [0.2, 0.25) is 0 Å². The van der Waals surface area contributed by atoms with E-state index in [1.165, 1.54) is 24.8 Å². The van der Waals surface area contributed by atoms with Crippen LogP contribution in [-0.2, 0) is 18.3 Å². The summed E-state index contributed by atoms with van der Waals surface area (Å²) in [7, 11) is 0. The molecule has 0 aliphatic heterocycles. The van der Waals surface area contributed by atoms with Crippen molar-refractivity contribution in [3.8, 4) is 0 Å². The number of unbranched alkanes of at least 4 members (excludes halogenated alkanes) is 2. The lowest BCUT2D eigenvalue weighted by Crippen LogP contribution is -2.27. The van der Waals surface area contributed by atoms with E-state index in [4.69, 9.17) is 4.98 Å². The molecule has 1 heterocycles. The van der Waals surface area contributed by atoms with Crippen LogP contribution in [0.25, 0.3) is 5.57 Å². The van der Waals surface area contributed by atoms with Gasteiger partial charge >= 0.3 is 0 Å². The summed E-state index contributed by atoms with van der Waals surface area (Å²) < 4.78 is 58.1. The van der Waals surface area contributed by atoms with Crippen molar-refractivity contribution in [2.75, 3.05) is 5.75 Å². The zero-order valence-electron chi connectivity index (χ0n) is 25.7. The monoisotopic (exact) mass is 600 g/mol. The third-order valence-electron chi connectivity index (χ3n) is 8.08. The fourth-order valence-electron chi connectivity index (χ4n) is 5.56. The molecule has 0 saturated heterocycles. The van der Waals surface area contributed by atoms with E-state index < -0.39 is 46.2 Å². The number of allylic oxidation sites excluding steroid dienone is 1. The Hall–Kier alpha value is -2.67. The molecule has 2 nitrogen and oxygen atoms in total. The van der Waals surface area contributed by atoms with Gasteiger partial charge in [0.25, 0.3) is 0 Å². The van der Waals surface area contributed by atoms with Gasteiger partial charge in [-0.05, 0) is 49.3 Å². The molecule has 0 radical (unpaired) electrons. The van der Waals surface area contributed by atoms with E-state index in [1.54, 1.807) is 18.0 Å². The predicted molar refractivity (Wildman–Crippen MR) is 167 cm³/mol. The maximum absolute atomic E-state index is 14.7. The highest BCUT2D eigenvalue weighted by Crippen LogP contribution is 2.48. The van der Waals surface area contributed by atoms with Crippen molar-refractivity contribution in [2.24, 2.45) is 0 Å². The van der Waals surface area contributed by atoms with E-state index in [9.17, 15) is 17.6 Å². The number of hydrogen-bond acceptors (Lipinski definition) is 3. The topological polar surface area (TPSA) is 25.8 Å². The minimum Gasteiger partial charge on any atom is -0.230 e. The van der Waals surface area contributed by atoms with E-state index in [0.29, 0.717) is 16.3 Å². The molecule has 4 rings (SSSR count). The average Bonchev–Trinajstić information content (AvgIpc) is 3.52. The van der Waals surface area contributed by atoms with Gasteiger partial charge in [0.15, 0.2) is 28.4 Å². The third kappa shape index (κ3) is 7.45. The molecule has 7 heteroatoms. The summed E-state index contributed by atoms with van der Waals surface area (Å²) in [6, 6.07) is 8.53. The Balaban J connectivity index is 0.000000892. The van der Waals surface area contributed by atoms with Crippen molar-refractivity contribution >= 4 is 17.3 Å². The zero-order valence-corrected chi connectivity index (χ0v) is 26.5. The molecule has 42 heavy (non-hydrogen) atoms. The summed E-state index contributed by atoms with van der Waals surface area (Å²) in [6.07, 6.45) is 11.0. The second-order valence-corrected chi connectivity index (χ2v) is 12.2. The molecule has 1 saturated carbocycles. The van der Waals surface area contributed by atoms with Crippen molar-refractivity contribution < 1.29 is 17.6 Å². The van der Waals surface area contributed by atoms with Gasteiger partial charge in [-0.25, -0.2) is 27.5 Å². The minimum atomic E-state index is -1.39. The first-order chi connectivity index (χ1) is 20.1. The molecule has 0 spiro atoms. The molecule has 3 aromatic rings. The molecule has 2 aromatic carbocycles. The quantitative estimate of drug-likeness (QED) is 0.0948. The van der Waals surface area contributed by atoms with Crippen molar-refractivity contribution in [2.45, 2.75) is 109 Å². The summed E-state index contributed by atoms with van der Waals surface area (Å²) in [5.41, 5.74) is 2.27. The summed E-state index contributed by atoms with van der Waals surface area (Å²) in [4.78, 5) is 9.51. The number of benzene rings is 2. The molecule has 0 bridgehead atoms. The molecule has 1 aliphatic rings. The smallest absolute Gasteiger partial charge is 0.187 e. The molecule has 1 fully saturated rings. The first-order valence-corrected chi connectivity index (χ1v) is 16.2. The maximum atomic E-state index is 14.7. The highest BCUT2D eigenvalue weighted by Gasteiger charge is 2.41. The molecule has 0 N–H and O–H groups in total. The van der Waals surface area contributed by atoms with E-state index in [-0.39, 0.29) is 0 Å². The van der Waals surface area contributed by atoms with Crippen LogP contribution in [0, 0.1) is 30.2 Å². The number of aromatic nitrogens is 2. The van der Waals surface area contributed by atoms with Crippen LogP contribution in [0.3, 0.4) is 0 Å². The van der Waals surface area contributed by atoms with Crippen LogP contribution in [0.4, 0.5) is 17.6 Å². The number of rotatable bonds is 11. The number of aryl methyl sites for hydroxylation is 1. The average molecular weight is 601 g/mol. The summed E-state index contributed by atoms with van der Waals surface area (Å²) in [6.45, 7) is 13.7. The first kappa shape index (κ1) is 33.8. The fraction of sp³-hybridized carbons (Fsp3) is 0.486. The van der Waals surface area contributed by atoms with Crippen LogP contribution >= 0.6 is 11.8 Å². The predicted octanol–water partition coefficient (Wildman–Crippen LogP) is 10.7. The second-order valence-electron chi connectivity index (χ2n) is 11.1. The van der Waals surface area contributed by atoms with E-state index in [1.807, 2.05) is 0 Å². The molecule has 1 aliphatic carbocycles. The molecular formula is C35H44F4N2S. The Kier molecular flexibility index (Phi) is 12.6. The van der Waals surface area contributed by atoms with Gasteiger partial charge in [0.2, 0.25) is 0 Å². The summed E-state index contributed by atoms with van der Waals surface area (Å²) in [5.74, 6) is -4.68. The van der Waals surface area contributed by atoms with Gasteiger partial charge in [0.05, 0.1) is 5.69 Å². The largest absolute Gasteiger partial charge is 0.230 e. The molecule has 228 valence electrons. The van der Waals surface area contributed by atoms with E-state index in [2.05, 4.69) is 63.5 Å². The Labute approximate surface area is 253 Å². The zero-order chi connectivity index (χ0) is 30.9. The number of halogens is 4. The van der Waals surface area contributed by atoms with Crippen molar-refractivity contribution in [1.29, 1.82) is 0 Å². The lowest BCUT2D eigenvalue weighted by Gasteiger charge is -2.32. The number of hydrogen-bond donors (Lipinski definition) is 0. The van der Waals surface area contributed by atoms with Crippen molar-refractivity contribution in [3.05, 3.63) is 93.8 Å². The highest BCUT2D eigenvalue weighted by molar-refractivity contribution is 7.99. The van der Waals surface area contributed by atoms with Crippen molar-refractivity contribution in [3.63, 3.8) is 0 Å². The Morgan fingerprint density at radius 2 is 1.48 bits per heavy atom. The van der Waals surface area contributed by atoms with Crippen LogP contribution in [0.1, 0.15) is 113 Å². The first-order valence-electron chi connectivity index (χ1n) is 15.2. The normalized spacial score (nSPS) is 14.0. The maximum Gasteiger partial charge on any atom is 0.187 e. The third-order valence-corrected chi connectivity index (χ3v) is 9.15. The van der Waals surface area contributed by atoms with Gasteiger partial charge in [-0.1, -0.05) is 102 Å². The molecule has 1 aromatic heterocycles. The molecule has 0 atom stereocenters. The summed E-state index contributed by atoms with van der Waals surface area (Å²) >= 11 is 1.56. The van der Waals surface area contributed by atoms with E-state index >= 15 is 0 Å². The lowest BCUT2D eigenvalue weighted by atomic mass is 9.73. The molecule has 0 unspecified atom stereocenters. The van der Waals surface area contributed by atoms with Crippen LogP contribution in [-0.4, -0.2) is 15.7 Å². The van der Waals surface area contributed by atoms with Gasteiger partial charge < -0.3 is 0 Å². The number of thioether (sulfide) groups is 1. The Morgan fingerprint density at radius 3 is 1.98 bits per heavy atom. The SMILES string of the molecule is C=C(Cc1c(F)c(F)c(C)c(F)c1F)c1cnc(SCCC)nc1C1(c2ccc(CC)cc2)CCCC1.CCCCC. The van der Waals surface area contributed by atoms with Gasteiger partial charge in [0.1, 0.15) is 0 Å². The number of nitrogens with zero attached hydrogens (tertiary/aromatic N) is 2. The standard InChI is InChI=1S/C30H32F4N2S.C5H12/c1-5-15-37-29-35-17-23(18(3)16-22-26(33)24(31)19(4)25(32)27(22)34)28(36-29)30(13-7-8-14-30)21-11-9-20(6-2)10-12-21;1-3-5-4-2/h9-12,17H,3,5-8,13-16H2,1-2,4H3;3-5H2,1-2H3. The highest BCUT2D eigenvalue weighted by atomic mass is 32.2. The van der Waals surface area contributed by atoms with Gasteiger partial charge in [-0.15, -0.1) is 0 Å². The lowest BCUT2D eigenvalue weighted by molar-refractivity contribution is 0.434. The summed E-state index contributed by atoms with van der Waals surface area (Å²) in [5, 5.41) is 0.634. The van der Waals surface area contributed by atoms with Crippen molar-refractivity contribution in [1.82, 2.24) is 9.97 Å².